The number of nitrogens with one attached hydrogen (secondary N) is 1. The highest BCUT2D eigenvalue weighted by Crippen LogP contribution is 2.30. The maximum Gasteiger partial charge on any atom is 0.231 e. The zero-order chi connectivity index (χ0) is 19.8. The van der Waals surface area contributed by atoms with Crippen molar-refractivity contribution < 1.29 is 14.4 Å². The third kappa shape index (κ3) is 3.64. The first kappa shape index (κ1) is 18.6. The van der Waals surface area contributed by atoms with Crippen LogP contribution in [0.1, 0.15) is 25.7 Å². The molecule has 0 radical (unpaired) electrons. The van der Waals surface area contributed by atoms with Crippen molar-refractivity contribution >= 4 is 5.91 Å². The van der Waals surface area contributed by atoms with E-state index in [1.807, 2.05) is 35.1 Å². The van der Waals surface area contributed by atoms with E-state index >= 15 is 0 Å². The molecule has 2 bridgehead atoms. The second-order valence-electron chi connectivity index (χ2n) is 8.79. The van der Waals surface area contributed by atoms with Crippen molar-refractivity contribution in [1.82, 2.24) is 19.9 Å². The highest BCUT2D eigenvalue weighted by molar-refractivity contribution is 5.79. The van der Waals surface area contributed by atoms with Crippen molar-refractivity contribution in [2.75, 3.05) is 33.3 Å². The van der Waals surface area contributed by atoms with Crippen LogP contribution in [0.3, 0.4) is 0 Å². The van der Waals surface area contributed by atoms with Gasteiger partial charge in [0.05, 0.1) is 38.9 Å². The van der Waals surface area contributed by atoms with Gasteiger partial charge in [-0.15, -0.1) is 5.10 Å². The lowest BCUT2D eigenvalue weighted by Gasteiger charge is -2.46. The molecule has 29 heavy (non-hydrogen) atoms. The summed E-state index contributed by atoms with van der Waals surface area (Å²) in [7, 11) is 1.67. The monoisotopic (exact) mass is 396 g/mol. The van der Waals surface area contributed by atoms with Crippen molar-refractivity contribution in [1.29, 1.82) is 0 Å². The number of methoxy groups -OCH3 is 1. The van der Waals surface area contributed by atoms with Crippen LogP contribution in [-0.4, -0.2) is 65.1 Å². The van der Waals surface area contributed by atoms with Crippen LogP contribution < -0.4 is 9.64 Å². The largest absolute Gasteiger partial charge is 0.497 e. The van der Waals surface area contributed by atoms with Gasteiger partial charge in [0.2, 0.25) is 5.91 Å². The average molecular weight is 397 g/mol. The Kier molecular flexibility index (Phi) is 4.99. The lowest BCUT2D eigenvalue weighted by Crippen LogP contribution is -3.20. The van der Waals surface area contributed by atoms with Gasteiger partial charge in [-0.05, 0) is 43.0 Å². The Balaban J connectivity index is 1.23. The van der Waals surface area contributed by atoms with Crippen molar-refractivity contribution in [2.45, 2.75) is 38.3 Å². The molecule has 5 heterocycles. The molecule has 4 fully saturated rings. The lowest BCUT2D eigenvalue weighted by molar-refractivity contribution is -0.945. The van der Waals surface area contributed by atoms with Crippen molar-refractivity contribution in [2.24, 2.45) is 11.8 Å². The van der Waals surface area contributed by atoms with Crippen LogP contribution in [0, 0.1) is 11.8 Å². The summed E-state index contributed by atoms with van der Waals surface area (Å²) < 4.78 is 7.21. The minimum Gasteiger partial charge on any atom is -0.497 e. The van der Waals surface area contributed by atoms with Crippen molar-refractivity contribution in [3.63, 3.8) is 0 Å². The van der Waals surface area contributed by atoms with Crippen LogP contribution in [0.2, 0.25) is 0 Å². The number of benzene rings is 1. The Morgan fingerprint density at radius 3 is 2.72 bits per heavy atom. The zero-order valence-corrected chi connectivity index (χ0v) is 17.1. The summed E-state index contributed by atoms with van der Waals surface area (Å²) in [6.07, 6.45) is 6.69. The number of ether oxygens (including phenoxy) is 1. The fourth-order valence-electron chi connectivity index (χ4n) is 5.48. The third-order valence-corrected chi connectivity index (χ3v) is 7.12. The van der Waals surface area contributed by atoms with Gasteiger partial charge in [-0.2, -0.15) is 0 Å². The first-order valence-corrected chi connectivity index (χ1v) is 10.9. The second kappa shape index (κ2) is 7.78. The third-order valence-electron chi connectivity index (χ3n) is 7.12. The summed E-state index contributed by atoms with van der Waals surface area (Å²) in [4.78, 5) is 16.6. The fraction of sp³-hybridized carbons (Fsp3) is 0.591. The molecule has 1 aromatic heterocycles. The molecular weight excluding hydrogens is 366 g/mol. The Morgan fingerprint density at radius 2 is 2.03 bits per heavy atom. The fourth-order valence-corrected chi connectivity index (χ4v) is 5.48. The van der Waals surface area contributed by atoms with Gasteiger partial charge >= 0.3 is 0 Å². The second-order valence-corrected chi connectivity index (χ2v) is 8.79. The predicted molar refractivity (Wildman–Crippen MR) is 109 cm³/mol. The molecule has 1 N–H and O–H groups in total. The number of likely N-dealkylation sites (tertiary alicyclic amines) is 1. The van der Waals surface area contributed by atoms with E-state index in [0.717, 1.165) is 49.6 Å². The Bertz CT molecular complexity index is 858. The van der Waals surface area contributed by atoms with Gasteiger partial charge in [-0.3, -0.25) is 4.79 Å². The molecule has 7 heteroatoms. The van der Waals surface area contributed by atoms with Crippen LogP contribution in [0.15, 0.2) is 30.5 Å². The summed E-state index contributed by atoms with van der Waals surface area (Å²) in [5, 5.41) is 8.74. The number of piperidine rings is 3. The van der Waals surface area contributed by atoms with E-state index in [2.05, 4.69) is 15.2 Å². The number of nitrogens with zero attached hydrogens (tertiary/aromatic N) is 4. The number of hydrogen-bond acceptors (Lipinski definition) is 4. The van der Waals surface area contributed by atoms with E-state index in [9.17, 15) is 4.79 Å². The van der Waals surface area contributed by atoms with Gasteiger partial charge in [0.1, 0.15) is 17.5 Å². The van der Waals surface area contributed by atoms with Crippen LogP contribution >= 0.6 is 0 Å². The molecule has 6 rings (SSSR count). The maximum absolute atomic E-state index is 12.9. The Hall–Kier alpha value is -2.41. The molecule has 154 valence electrons. The number of carbonyl (C=O) groups excluding carboxylic acids is 1. The highest BCUT2D eigenvalue weighted by atomic mass is 16.5. The standard InChI is InChI=1S/C22H29N5O2/c1-29-19-6-4-16(5-7-19)21-15-27(24-23-21)13-18-12-17-8-11-26(18)14-20(17)22(28)25-9-2-3-10-25/h4-7,15,17-18,20H,2-3,8-14H2,1H3/p+1/t17-,18-,20+/m1/s1. The number of rotatable bonds is 5. The molecule has 0 spiro atoms. The smallest absolute Gasteiger partial charge is 0.231 e. The molecule has 1 amide bonds. The number of quaternary nitrogens is 1. The van der Waals surface area contributed by atoms with Gasteiger partial charge in [0.15, 0.2) is 0 Å². The maximum atomic E-state index is 12.9. The molecular formula is C22H30N5O2+. The number of amides is 1. The zero-order valence-electron chi connectivity index (χ0n) is 17.1. The molecule has 2 aromatic rings. The van der Waals surface area contributed by atoms with Gasteiger partial charge in [-0.1, -0.05) is 5.21 Å². The number of fused-ring (bicyclic) bond motifs is 3. The molecule has 4 atom stereocenters. The predicted octanol–water partition coefficient (Wildman–Crippen LogP) is 0.869. The van der Waals surface area contributed by atoms with Crippen LogP contribution in [0.5, 0.6) is 5.75 Å². The molecule has 1 unspecified atom stereocenters. The number of carbonyl (C=O) groups is 1. The first-order chi connectivity index (χ1) is 14.2. The summed E-state index contributed by atoms with van der Waals surface area (Å²) in [5.41, 5.74) is 1.94. The molecule has 0 saturated carbocycles. The molecule has 4 aliphatic rings. The van der Waals surface area contributed by atoms with Crippen LogP contribution in [0.4, 0.5) is 0 Å². The van der Waals surface area contributed by atoms with E-state index in [0.29, 0.717) is 17.9 Å². The molecule has 4 saturated heterocycles. The van der Waals surface area contributed by atoms with Gasteiger partial charge in [0, 0.05) is 31.5 Å². The number of hydrogen-bond donors (Lipinski definition) is 1. The van der Waals surface area contributed by atoms with E-state index in [4.69, 9.17) is 4.74 Å². The van der Waals surface area contributed by atoms with E-state index in [1.54, 1.807) is 12.0 Å². The quantitative estimate of drug-likeness (QED) is 0.815. The van der Waals surface area contributed by atoms with Crippen molar-refractivity contribution in [3.8, 4) is 17.0 Å². The average Bonchev–Trinajstić information content (AvgIpc) is 3.46. The molecule has 4 aliphatic heterocycles. The minimum atomic E-state index is 0.235. The Labute approximate surface area is 171 Å². The molecule has 7 nitrogen and oxygen atoms in total. The summed E-state index contributed by atoms with van der Waals surface area (Å²) in [6, 6.07) is 8.45. The van der Waals surface area contributed by atoms with Crippen LogP contribution in [0.25, 0.3) is 11.3 Å². The SMILES string of the molecule is COc1ccc(-c2cn(C[C@H]3C[C@H]4CC[NH+]3C[C@@H]4C(=O)N3CCCC3)nn2)cc1. The highest BCUT2D eigenvalue weighted by Gasteiger charge is 2.47. The van der Waals surface area contributed by atoms with Crippen LogP contribution in [-0.2, 0) is 11.3 Å². The summed E-state index contributed by atoms with van der Waals surface area (Å²) in [6.45, 7) is 4.98. The lowest BCUT2D eigenvalue weighted by atomic mass is 9.75. The van der Waals surface area contributed by atoms with Gasteiger partial charge in [-0.25, -0.2) is 4.68 Å². The Morgan fingerprint density at radius 1 is 1.24 bits per heavy atom. The summed E-state index contributed by atoms with van der Waals surface area (Å²) >= 11 is 0. The molecule has 0 aliphatic carbocycles. The normalized spacial score (nSPS) is 28.7. The van der Waals surface area contributed by atoms with E-state index in [-0.39, 0.29) is 5.92 Å². The first-order valence-electron chi connectivity index (χ1n) is 10.9. The minimum absolute atomic E-state index is 0.235. The topological polar surface area (TPSA) is 64.7 Å². The van der Waals surface area contributed by atoms with Gasteiger partial charge < -0.3 is 14.5 Å². The van der Waals surface area contributed by atoms with Crippen molar-refractivity contribution in [3.05, 3.63) is 30.5 Å². The number of aromatic nitrogens is 3. The van der Waals surface area contributed by atoms with E-state index < -0.39 is 0 Å². The molecule has 1 aromatic carbocycles. The van der Waals surface area contributed by atoms with E-state index in [1.165, 1.54) is 25.8 Å². The van der Waals surface area contributed by atoms with Gasteiger partial charge in [0.25, 0.3) is 0 Å². The summed E-state index contributed by atoms with van der Waals surface area (Å²) in [5.74, 6) is 2.04.